The van der Waals surface area contributed by atoms with E-state index in [0.29, 0.717) is 18.9 Å². The number of hydrogen-bond donors (Lipinski definition) is 0. The van der Waals surface area contributed by atoms with Gasteiger partial charge >= 0.3 is 0 Å². The number of nitrogens with zero attached hydrogens (tertiary/aromatic N) is 2. The lowest BCUT2D eigenvalue weighted by atomic mass is 10.0. The lowest BCUT2D eigenvalue weighted by Crippen LogP contribution is -2.49. The first-order chi connectivity index (χ1) is 8.33. The zero-order valence-electron chi connectivity index (χ0n) is 10.4. The van der Waals surface area contributed by atoms with E-state index in [-0.39, 0.29) is 5.92 Å². The summed E-state index contributed by atoms with van der Waals surface area (Å²) in [6.45, 7) is 6.50. The summed E-state index contributed by atoms with van der Waals surface area (Å²) in [5, 5.41) is 0. The summed E-state index contributed by atoms with van der Waals surface area (Å²) in [4.78, 5) is 16.9. The minimum Gasteiger partial charge on any atom is -0.381 e. The summed E-state index contributed by atoms with van der Waals surface area (Å²) in [6.07, 6.45) is 3.71. The third-order valence-corrected chi connectivity index (χ3v) is 4.23. The molecule has 0 aromatic heterocycles. The van der Waals surface area contributed by atoms with Crippen molar-refractivity contribution in [1.29, 1.82) is 0 Å². The van der Waals surface area contributed by atoms with Gasteiger partial charge in [0, 0.05) is 44.7 Å². The van der Waals surface area contributed by atoms with Crippen molar-refractivity contribution in [3.8, 4) is 0 Å². The molecular weight excluding hydrogens is 216 g/mol. The molecule has 3 rings (SSSR count). The Morgan fingerprint density at radius 1 is 1.12 bits per heavy atom. The molecule has 0 radical (unpaired) electrons. The molecule has 0 aromatic rings. The molecule has 4 heteroatoms. The van der Waals surface area contributed by atoms with Gasteiger partial charge in [0.05, 0.1) is 13.2 Å². The van der Waals surface area contributed by atoms with Gasteiger partial charge in [-0.2, -0.15) is 0 Å². The third kappa shape index (κ3) is 2.87. The van der Waals surface area contributed by atoms with Crippen LogP contribution >= 0.6 is 0 Å². The van der Waals surface area contributed by atoms with Crippen molar-refractivity contribution in [3.63, 3.8) is 0 Å². The Bertz CT molecular complexity index is 277. The molecule has 3 aliphatic rings. The SMILES string of the molecule is O=C(CN1CCN(C2CC2)CC1)C1CCOC1. The van der Waals surface area contributed by atoms with Crippen LogP contribution in [0.1, 0.15) is 19.3 Å². The number of ketones is 1. The van der Waals surface area contributed by atoms with Gasteiger partial charge in [-0.3, -0.25) is 14.6 Å². The van der Waals surface area contributed by atoms with Gasteiger partial charge in [0.2, 0.25) is 0 Å². The van der Waals surface area contributed by atoms with Crippen LogP contribution in [-0.4, -0.2) is 67.6 Å². The number of piperazine rings is 1. The van der Waals surface area contributed by atoms with E-state index >= 15 is 0 Å². The topological polar surface area (TPSA) is 32.8 Å². The maximum atomic E-state index is 12.0. The summed E-state index contributed by atoms with van der Waals surface area (Å²) < 4.78 is 5.28. The van der Waals surface area contributed by atoms with Crippen molar-refractivity contribution < 1.29 is 9.53 Å². The first kappa shape index (κ1) is 11.6. The van der Waals surface area contributed by atoms with Gasteiger partial charge < -0.3 is 4.74 Å². The fourth-order valence-electron chi connectivity index (χ4n) is 2.86. The molecule has 1 unspecified atom stereocenters. The lowest BCUT2D eigenvalue weighted by Gasteiger charge is -2.34. The van der Waals surface area contributed by atoms with E-state index in [1.54, 1.807) is 0 Å². The van der Waals surface area contributed by atoms with Crippen molar-refractivity contribution >= 4 is 5.78 Å². The highest BCUT2D eigenvalue weighted by atomic mass is 16.5. The number of ether oxygens (including phenoxy) is 1. The second kappa shape index (κ2) is 5.04. The average molecular weight is 238 g/mol. The van der Waals surface area contributed by atoms with Gasteiger partial charge in [0.25, 0.3) is 0 Å². The third-order valence-electron chi connectivity index (χ3n) is 4.23. The molecule has 0 aromatic carbocycles. The molecule has 96 valence electrons. The van der Waals surface area contributed by atoms with Crippen LogP contribution < -0.4 is 0 Å². The van der Waals surface area contributed by atoms with Gasteiger partial charge in [-0.05, 0) is 19.3 Å². The first-order valence-corrected chi connectivity index (χ1v) is 6.90. The predicted octanol–water partition coefficient (Wildman–Crippen LogP) is 0.372. The van der Waals surface area contributed by atoms with Gasteiger partial charge in [-0.1, -0.05) is 0 Å². The first-order valence-electron chi connectivity index (χ1n) is 6.90. The van der Waals surface area contributed by atoms with Gasteiger partial charge in [-0.25, -0.2) is 0 Å². The van der Waals surface area contributed by atoms with Crippen LogP contribution in [0, 0.1) is 5.92 Å². The standard InChI is InChI=1S/C13H22N2O2/c16-13(11-3-8-17-10-11)9-14-4-6-15(7-5-14)12-1-2-12/h11-12H,1-10H2. The molecule has 0 amide bonds. The summed E-state index contributed by atoms with van der Waals surface area (Å²) in [6, 6.07) is 0.871. The van der Waals surface area contributed by atoms with E-state index in [2.05, 4.69) is 9.80 Å². The molecule has 17 heavy (non-hydrogen) atoms. The number of Topliss-reactive ketones (excluding diaryl/α,β-unsaturated/α-hetero) is 1. The van der Waals surface area contributed by atoms with Crippen molar-refractivity contribution in [3.05, 3.63) is 0 Å². The minimum atomic E-state index is 0.177. The Morgan fingerprint density at radius 2 is 1.88 bits per heavy atom. The largest absolute Gasteiger partial charge is 0.381 e. The Balaban J connectivity index is 1.41. The molecule has 2 aliphatic heterocycles. The van der Waals surface area contributed by atoms with E-state index in [9.17, 15) is 4.79 Å². The van der Waals surface area contributed by atoms with Crippen molar-refractivity contribution in [1.82, 2.24) is 9.80 Å². The molecule has 0 N–H and O–H groups in total. The number of carbonyl (C=O) groups is 1. The monoisotopic (exact) mass is 238 g/mol. The molecule has 1 atom stereocenters. The van der Waals surface area contributed by atoms with Crippen LogP contribution in [-0.2, 0) is 9.53 Å². The summed E-state index contributed by atoms with van der Waals surface area (Å²) in [5.41, 5.74) is 0. The van der Waals surface area contributed by atoms with Crippen LogP contribution in [0.15, 0.2) is 0 Å². The van der Waals surface area contributed by atoms with Gasteiger partial charge in [-0.15, -0.1) is 0 Å². The Kier molecular flexibility index (Phi) is 3.45. The zero-order chi connectivity index (χ0) is 11.7. The molecule has 0 spiro atoms. The van der Waals surface area contributed by atoms with E-state index in [4.69, 9.17) is 4.74 Å². The highest BCUT2D eigenvalue weighted by molar-refractivity contribution is 5.83. The Morgan fingerprint density at radius 3 is 2.47 bits per heavy atom. The maximum absolute atomic E-state index is 12.0. The molecule has 2 heterocycles. The van der Waals surface area contributed by atoms with Gasteiger partial charge in [0.1, 0.15) is 0 Å². The fourth-order valence-corrected chi connectivity index (χ4v) is 2.86. The van der Waals surface area contributed by atoms with E-state index < -0.39 is 0 Å². The second-order valence-corrected chi connectivity index (χ2v) is 5.57. The van der Waals surface area contributed by atoms with Crippen LogP contribution in [0.2, 0.25) is 0 Å². The molecule has 4 nitrogen and oxygen atoms in total. The van der Waals surface area contributed by atoms with Crippen molar-refractivity contribution in [2.75, 3.05) is 45.9 Å². The maximum Gasteiger partial charge on any atom is 0.152 e. The second-order valence-electron chi connectivity index (χ2n) is 5.57. The van der Waals surface area contributed by atoms with E-state index in [0.717, 1.165) is 45.2 Å². The molecule has 2 saturated heterocycles. The Hall–Kier alpha value is -0.450. The number of hydrogen-bond acceptors (Lipinski definition) is 4. The molecule has 0 bridgehead atoms. The average Bonchev–Trinajstić information content (AvgIpc) is 3.05. The quantitative estimate of drug-likeness (QED) is 0.708. The normalized spacial score (nSPS) is 31.9. The minimum absolute atomic E-state index is 0.177. The zero-order valence-corrected chi connectivity index (χ0v) is 10.4. The molecule has 1 aliphatic carbocycles. The predicted molar refractivity (Wildman–Crippen MR) is 65.0 cm³/mol. The van der Waals surface area contributed by atoms with Crippen LogP contribution in [0.5, 0.6) is 0 Å². The van der Waals surface area contributed by atoms with Crippen LogP contribution in [0.4, 0.5) is 0 Å². The molecule has 1 saturated carbocycles. The van der Waals surface area contributed by atoms with E-state index in [1.807, 2.05) is 0 Å². The van der Waals surface area contributed by atoms with Crippen LogP contribution in [0.3, 0.4) is 0 Å². The lowest BCUT2D eigenvalue weighted by molar-refractivity contribution is -0.124. The fraction of sp³-hybridized carbons (Fsp3) is 0.923. The van der Waals surface area contributed by atoms with Crippen molar-refractivity contribution in [2.45, 2.75) is 25.3 Å². The van der Waals surface area contributed by atoms with Crippen molar-refractivity contribution in [2.24, 2.45) is 5.92 Å². The number of rotatable bonds is 4. The number of carbonyl (C=O) groups excluding carboxylic acids is 1. The summed E-state index contributed by atoms with van der Waals surface area (Å²) >= 11 is 0. The highest BCUT2D eigenvalue weighted by Gasteiger charge is 2.32. The summed E-state index contributed by atoms with van der Waals surface area (Å²) in [7, 11) is 0. The van der Waals surface area contributed by atoms with Gasteiger partial charge in [0.15, 0.2) is 5.78 Å². The Labute approximate surface area is 103 Å². The van der Waals surface area contributed by atoms with E-state index in [1.165, 1.54) is 12.8 Å². The summed E-state index contributed by atoms with van der Waals surface area (Å²) in [5.74, 6) is 0.568. The molecule has 3 fully saturated rings. The van der Waals surface area contributed by atoms with Crippen LogP contribution in [0.25, 0.3) is 0 Å². The highest BCUT2D eigenvalue weighted by Crippen LogP contribution is 2.27. The molecular formula is C13H22N2O2. The smallest absolute Gasteiger partial charge is 0.152 e.